The quantitative estimate of drug-likeness (QED) is 0.757. The number of aliphatic hydroxyl groups is 1. The lowest BCUT2D eigenvalue weighted by atomic mass is 10.2. The Morgan fingerprint density at radius 2 is 1.83 bits per heavy atom. The van der Waals surface area contributed by atoms with Gasteiger partial charge in [-0.1, -0.05) is 0 Å². The molecule has 1 fully saturated rings. The molecule has 1 N–H and O–H groups in total. The van der Waals surface area contributed by atoms with Crippen LogP contribution in [0.15, 0.2) is 30.7 Å². The highest BCUT2D eigenvalue weighted by Crippen LogP contribution is 2.22. The van der Waals surface area contributed by atoms with E-state index in [1.54, 1.807) is 12.4 Å². The van der Waals surface area contributed by atoms with Crippen molar-refractivity contribution >= 4 is 17.2 Å². The minimum absolute atomic E-state index is 0.0358. The number of aliphatic hydroxyl groups excluding tert-OH is 1. The molecule has 0 unspecified atom stereocenters. The van der Waals surface area contributed by atoms with E-state index in [4.69, 9.17) is 0 Å². The SMILES string of the molecule is Cc1nnc2c(N3CCN(c4ccnc(CO)c4)CC3)nccn12. The Labute approximate surface area is 139 Å². The van der Waals surface area contributed by atoms with Crippen LogP contribution in [-0.4, -0.2) is 55.9 Å². The van der Waals surface area contributed by atoms with Crippen LogP contribution in [-0.2, 0) is 6.61 Å². The van der Waals surface area contributed by atoms with Crippen LogP contribution in [0, 0.1) is 6.92 Å². The van der Waals surface area contributed by atoms with Gasteiger partial charge in [0.1, 0.15) is 5.82 Å². The van der Waals surface area contributed by atoms with Gasteiger partial charge in [0, 0.05) is 50.5 Å². The molecule has 1 saturated heterocycles. The molecule has 4 rings (SSSR count). The van der Waals surface area contributed by atoms with Gasteiger partial charge >= 0.3 is 0 Å². The maximum Gasteiger partial charge on any atom is 0.203 e. The minimum Gasteiger partial charge on any atom is -0.390 e. The highest BCUT2D eigenvalue weighted by atomic mass is 16.3. The van der Waals surface area contributed by atoms with E-state index in [0.29, 0.717) is 5.69 Å². The second kappa shape index (κ2) is 6.04. The lowest BCUT2D eigenvalue weighted by molar-refractivity contribution is 0.277. The average Bonchev–Trinajstić information content (AvgIpc) is 3.03. The maximum absolute atomic E-state index is 9.24. The Morgan fingerprint density at radius 3 is 2.62 bits per heavy atom. The molecular weight excluding hydrogens is 306 g/mol. The first-order chi connectivity index (χ1) is 11.8. The van der Waals surface area contributed by atoms with E-state index >= 15 is 0 Å². The lowest BCUT2D eigenvalue weighted by Gasteiger charge is -2.36. The molecule has 3 aromatic rings. The van der Waals surface area contributed by atoms with Crippen LogP contribution in [0.2, 0.25) is 0 Å². The molecule has 0 atom stereocenters. The van der Waals surface area contributed by atoms with Crippen molar-refractivity contribution in [3.63, 3.8) is 0 Å². The molecule has 24 heavy (non-hydrogen) atoms. The number of pyridine rings is 1. The molecule has 8 heteroatoms. The Kier molecular flexibility index (Phi) is 3.73. The van der Waals surface area contributed by atoms with Gasteiger partial charge in [0.15, 0.2) is 5.82 Å². The van der Waals surface area contributed by atoms with E-state index in [0.717, 1.165) is 49.2 Å². The summed E-state index contributed by atoms with van der Waals surface area (Å²) in [7, 11) is 0. The third-order valence-electron chi connectivity index (χ3n) is 4.39. The van der Waals surface area contributed by atoms with E-state index in [1.807, 2.05) is 29.7 Å². The van der Waals surface area contributed by atoms with Crippen molar-refractivity contribution < 1.29 is 5.11 Å². The summed E-state index contributed by atoms with van der Waals surface area (Å²) in [5.74, 6) is 1.74. The zero-order chi connectivity index (χ0) is 16.5. The fraction of sp³-hybridized carbons (Fsp3) is 0.375. The summed E-state index contributed by atoms with van der Waals surface area (Å²) in [6.45, 7) is 5.37. The third kappa shape index (κ3) is 2.54. The van der Waals surface area contributed by atoms with Crippen molar-refractivity contribution in [3.05, 3.63) is 42.2 Å². The van der Waals surface area contributed by atoms with Gasteiger partial charge in [-0.25, -0.2) is 4.98 Å². The molecule has 4 heterocycles. The van der Waals surface area contributed by atoms with E-state index in [1.165, 1.54) is 0 Å². The Balaban J connectivity index is 1.53. The molecule has 0 amide bonds. The van der Waals surface area contributed by atoms with Gasteiger partial charge in [0.25, 0.3) is 0 Å². The summed E-state index contributed by atoms with van der Waals surface area (Å²) < 4.78 is 1.96. The Morgan fingerprint density at radius 1 is 1.04 bits per heavy atom. The monoisotopic (exact) mass is 325 g/mol. The zero-order valence-corrected chi connectivity index (χ0v) is 13.5. The van der Waals surface area contributed by atoms with Gasteiger partial charge in [-0.2, -0.15) is 0 Å². The predicted molar refractivity (Wildman–Crippen MR) is 90.1 cm³/mol. The second-order valence-corrected chi connectivity index (χ2v) is 5.83. The van der Waals surface area contributed by atoms with Crippen molar-refractivity contribution in [1.82, 2.24) is 24.6 Å². The molecular formula is C16H19N7O. The number of rotatable bonds is 3. The molecule has 8 nitrogen and oxygen atoms in total. The fourth-order valence-electron chi connectivity index (χ4n) is 3.08. The van der Waals surface area contributed by atoms with Crippen LogP contribution in [0.5, 0.6) is 0 Å². The molecule has 124 valence electrons. The highest BCUT2D eigenvalue weighted by Gasteiger charge is 2.21. The van der Waals surface area contributed by atoms with Gasteiger partial charge in [-0.3, -0.25) is 9.38 Å². The number of aryl methyl sites for hydroxylation is 1. The lowest BCUT2D eigenvalue weighted by Crippen LogP contribution is -2.47. The molecule has 3 aromatic heterocycles. The largest absolute Gasteiger partial charge is 0.390 e. The number of anilines is 2. The Bertz CT molecular complexity index is 855. The molecule has 0 aliphatic carbocycles. The topological polar surface area (TPSA) is 82.7 Å². The molecule has 0 radical (unpaired) electrons. The van der Waals surface area contributed by atoms with Gasteiger partial charge in [-0.15, -0.1) is 10.2 Å². The first kappa shape index (κ1) is 14.8. The summed E-state index contributed by atoms with van der Waals surface area (Å²) in [5.41, 5.74) is 2.59. The number of hydrogen-bond donors (Lipinski definition) is 1. The van der Waals surface area contributed by atoms with Crippen LogP contribution < -0.4 is 9.80 Å². The fourth-order valence-corrected chi connectivity index (χ4v) is 3.08. The third-order valence-corrected chi connectivity index (χ3v) is 4.39. The van der Waals surface area contributed by atoms with Gasteiger partial charge in [0.2, 0.25) is 5.65 Å². The second-order valence-electron chi connectivity index (χ2n) is 5.83. The molecule has 0 saturated carbocycles. The summed E-state index contributed by atoms with van der Waals surface area (Å²) in [5, 5.41) is 17.6. The summed E-state index contributed by atoms with van der Waals surface area (Å²) in [4.78, 5) is 13.2. The van der Waals surface area contributed by atoms with Crippen LogP contribution in [0.4, 0.5) is 11.5 Å². The number of nitrogens with zero attached hydrogens (tertiary/aromatic N) is 7. The molecule has 1 aliphatic rings. The molecule has 1 aliphatic heterocycles. The van der Waals surface area contributed by atoms with Crippen LogP contribution in [0.1, 0.15) is 11.5 Å². The van der Waals surface area contributed by atoms with Gasteiger partial charge < -0.3 is 14.9 Å². The summed E-state index contributed by atoms with van der Waals surface area (Å²) in [6, 6.07) is 3.92. The van der Waals surface area contributed by atoms with Crippen LogP contribution in [0.25, 0.3) is 5.65 Å². The van der Waals surface area contributed by atoms with Gasteiger partial charge in [0.05, 0.1) is 12.3 Å². The van der Waals surface area contributed by atoms with E-state index in [2.05, 4.69) is 30.0 Å². The van der Waals surface area contributed by atoms with Crippen molar-refractivity contribution in [3.8, 4) is 0 Å². The van der Waals surface area contributed by atoms with E-state index in [-0.39, 0.29) is 6.61 Å². The van der Waals surface area contributed by atoms with Crippen molar-refractivity contribution in [2.24, 2.45) is 0 Å². The average molecular weight is 325 g/mol. The summed E-state index contributed by atoms with van der Waals surface area (Å²) in [6.07, 6.45) is 5.42. The van der Waals surface area contributed by atoms with Gasteiger partial charge in [-0.05, 0) is 19.1 Å². The van der Waals surface area contributed by atoms with Crippen molar-refractivity contribution in [1.29, 1.82) is 0 Å². The highest BCUT2D eigenvalue weighted by molar-refractivity contribution is 5.64. The van der Waals surface area contributed by atoms with E-state index in [9.17, 15) is 5.11 Å². The standard InChI is InChI=1S/C16H19N7O/c1-12-19-20-16-15(18-4-5-23(12)16)22-8-6-21(7-9-22)14-2-3-17-13(10-14)11-24/h2-5,10,24H,6-9,11H2,1H3. The summed E-state index contributed by atoms with van der Waals surface area (Å²) >= 11 is 0. The first-order valence-corrected chi connectivity index (χ1v) is 7.98. The molecule has 0 spiro atoms. The maximum atomic E-state index is 9.24. The molecule has 0 aromatic carbocycles. The Hall–Kier alpha value is -2.74. The number of fused-ring (bicyclic) bond motifs is 1. The minimum atomic E-state index is -0.0358. The van der Waals surface area contributed by atoms with E-state index < -0.39 is 0 Å². The smallest absolute Gasteiger partial charge is 0.203 e. The zero-order valence-electron chi connectivity index (χ0n) is 13.5. The molecule has 0 bridgehead atoms. The number of piperazine rings is 1. The number of hydrogen-bond acceptors (Lipinski definition) is 7. The van der Waals surface area contributed by atoms with Crippen LogP contribution in [0.3, 0.4) is 0 Å². The van der Waals surface area contributed by atoms with Crippen LogP contribution >= 0.6 is 0 Å². The predicted octanol–water partition coefficient (Wildman–Crippen LogP) is 0.647. The first-order valence-electron chi connectivity index (χ1n) is 7.98. The van der Waals surface area contributed by atoms with Crippen molar-refractivity contribution in [2.75, 3.05) is 36.0 Å². The number of aromatic nitrogens is 5. The normalized spacial score (nSPS) is 15.2. The van der Waals surface area contributed by atoms with Crippen molar-refractivity contribution in [2.45, 2.75) is 13.5 Å².